The number of amides is 2. The predicted molar refractivity (Wildman–Crippen MR) is 87.4 cm³/mol. The van der Waals surface area contributed by atoms with Crippen LogP contribution in [0.1, 0.15) is 26.2 Å². The van der Waals surface area contributed by atoms with Crippen molar-refractivity contribution >= 4 is 23.5 Å². The highest BCUT2D eigenvalue weighted by atomic mass is 16.5. The average Bonchev–Trinajstić information content (AvgIpc) is 2.90. The lowest BCUT2D eigenvalue weighted by Crippen LogP contribution is -3.17. The minimum Gasteiger partial charge on any atom is -0.466 e. The Morgan fingerprint density at radius 3 is 2.50 bits per heavy atom. The predicted octanol–water partition coefficient (Wildman–Crippen LogP) is 0.177. The second-order valence-electron chi connectivity index (χ2n) is 6.34. The van der Waals surface area contributed by atoms with Crippen molar-refractivity contribution in [2.75, 3.05) is 24.6 Å². The van der Waals surface area contributed by atoms with E-state index in [4.69, 9.17) is 4.74 Å². The van der Waals surface area contributed by atoms with Crippen LogP contribution in [-0.2, 0) is 19.1 Å². The Bertz CT molecular complexity index is 623. The Morgan fingerprint density at radius 1 is 1.21 bits per heavy atom. The summed E-state index contributed by atoms with van der Waals surface area (Å²) in [4.78, 5) is 39.3. The average molecular weight is 331 g/mol. The number of hydrogen-bond donors (Lipinski definition) is 1. The molecule has 1 aromatic carbocycles. The third-order valence-corrected chi connectivity index (χ3v) is 4.90. The van der Waals surface area contributed by atoms with Gasteiger partial charge in [-0.1, -0.05) is 18.2 Å². The van der Waals surface area contributed by atoms with E-state index < -0.39 is 0 Å². The number of benzene rings is 1. The summed E-state index contributed by atoms with van der Waals surface area (Å²) < 4.78 is 5.08. The van der Waals surface area contributed by atoms with E-state index >= 15 is 0 Å². The highest BCUT2D eigenvalue weighted by Crippen LogP contribution is 2.22. The number of nitrogens with zero attached hydrogens (tertiary/aromatic N) is 1. The lowest BCUT2D eigenvalue weighted by atomic mass is 9.95. The summed E-state index contributed by atoms with van der Waals surface area (Å²) in [5, 5.41) is 0. The number of imide groups is 1. The van der Waals surface area contributed by atoms with Gasteiger partial charge in [0.2, 0.25) is 5.91 Å². The second-order valence-corrected chi connectivity index (χ2v) is 6.34. The summed E-state index contributed by atoms with van der Waals surface area (Å²) in [6.07, 6.45) is 1.65. The number of anilines is 1. The fraction of sp³-hybridized carbons (Fsp3) is 0.500. The van der Waals surface area contributed by atoms with Gasteiger partial charge in [-0.3, -0.25) is 14.4 Å². The van der Waals surface area contributed by atoms with Gasteiger partial charge in [0.25, 0.3) is 5.91 Å². The summed E-state index contributed by atoms with van der Waals surface area (Å²) in [6.45, 7) is 3.64. The lowest BCUT2D eigenvalue weighted by Gasteiger charge is -2.31. The molecule has 24 heavy (non-hydrogen) atoms. The topological polar surface area (TPSA) is 68.1 Å². The molecule has 1 atom stereocenters. The number of quaternary nitrogens is 1. The SMILES string of the molecule is CCOC(=O)C1CC[NH+]([C@@H]2CC(=O)N(c3ccccc3)C2=O)CC1. The highest BCUT2D eigenvalue weighted by molar-refractivity contribution is 6.21. The van der Waals surface area contributed by atoms with Crippen LogP contribution in [0.2, 0.25) is 0 Å². The number of carbonyl (C=O) groups is 3. The number of carbonyl (C=O) groups excluding carboxylic acids is 3. The van der Waals surface area contributed by atoms with E-state index in [0.29, 0.717) is 25.1 Å². The fourth-order valence-corrected chi connectivity index (χ4v) is 3.63. The largest absolute Gasteiger partial charge is 0.466 e. The van der Waals surface area contributed by atoms with Crippen molar-refractivity contribution in [1.82, 2.24) is 0 Å². The van der Waals surface area contributed by atoms with Crippen LogP contribution in [-0.4, -0.2) is 43.5 Å². The monoisotopic (exact) mass is 331 g/mol. The molecule has 0 unspecified atom stereocenters. The molecule has 0 aliphatic carbocycles. The third kappa shape index (κ3) is 3.19. The third-order valence-electron chi connectivity index (χ3n) is 4.90. The van der Waals surface area contributed by atoms with Crippen LogP contribution >= 0.6 is 0 Å². The van der Waals surface area contributed by atoms with Gasteiger partial charge in [-0.15, -0.1) is 0 Å². The zero-order chi connectivity index (χ0) is 17.1. The summed E-state index contributed by atoms with van der Waals surface area (Å²) in [6, 6.07) is 8.72. The van der Waals surface area contributed by atoms with Crippen molar-refractivity contribution in [3.05, 3.63) is 30.3 Å². The van der Waals surface area contributed by atoms with Crippen LogP contribution < -0.4 is 9.80 Å². The Morgan fingerprint density at radius 2 is 1.88 bits per heavy atom. The zero-order valence-corrected chi connectivity index (χ0v) is 13.9. The molecule has 1 aromatic rings. The van der Waals surface area contributed by atoms with Gasteiger partial charge < -0.3 is 9.64 Å². The van der Waals surface area contributed by atoms with Gasteiger partial charge in [0.15, 0.2) is 6.04 Å². The number of likely N-dealkylation sites (tertiary alicyclic amines) is 1. The van der Waals surface area contributed by atoms with Crippen LogP contribution in [0.5, 0.6) is 0 Å². The Balaban J connectivity index is 1.64. The first-order valence-electron chi connectivity index (χ1n) is 8.55. The molecule has 2 heterocycles. The van der Waals surface area contributed by atoms with E-state index in [1.165, 1.54) is 4.90 Å². The van der Waals surface area contributed by atoms with Crippen LogP contribution in [0, 0.1) is 5.92 Å². The molecule has 6 heteroatoms. The Labute approximate surface area is 141 Å². The second kappa shape index (κ2) is 7.13. The molecule has 0 bridgehead atoms. The maximum atomic E-state index is 12.7. The highest BCUT2D eigenvalue weighted by Gasteiger charge is 2.46. The summed E-state index contributed by atoms with van der Waals surface area (Å²) >= 11 is 0. The number of piperidine rings is 1. The molecule has 2 aliphatic rings. The van der Waals surface area contributed by atoms with E-state index in [2.05, 4.69) is 0 Å². The number of hydrogen-bond acceptors (Lipinski definition) is 4. The van der Waals surface area contributed by atoms with Crippen molar-refractivity contribution in [1.29, 1.82) is 0 Å². The molecular weight excluding hydrogens is 308 g/mol. The molecule has 0 radical (unpaired) electrons. The molecule has 1 N–H and O–H groups in total. The van der Waals surface area contributed by atoms with Gasteiger partial charge >= 0.3 is 5.97 Å². The van der Waals surface area contributed by atoms with Crippen LogP contribution in [0.25, 0.3) is 0 Å². The van der Waals surface area contributed by atoms with Gasteiger partial charge in [0, 0.05) is 12.8 Å². The minimum atomic E-state index is -0.333. The molecule has 6 nitrogen and oxygen atoms in total. The molecule has 0 aromatic heterocycles. The first kappa shape index (κ1) is 16.6. The molecule has 128 valence electrons. The molecule has 0 saturated carbocycles. The van der Waals surface area contributed by atoms with E-state index in [1.807, 2.05) is 18.2 Å². The van der Waals surface area contributed by atoms with Gasteiger partial charge in [-0.2, -0.15) is 0 Å². The first-order valence-corrected chi connectivity index (χ1v) is 8.55. The molecular formula is C18H23N2O4+. The quantitative estimate of drug-likeness (QED) is 0.631. The standard InChI is InChI=1S/C18H22N2O4/c1-2-24-18(23)13-8-10-19(11-9-13)15-12-16(21)20(17(15)22)14-6-4-3-5-7-14/h3-7,13,15H,2,8-12H2,1H3/p+1/t15-/m1/s1. The van der Waals surface area contributed by atoms with Crippen molar-refractivity contribution in [2.24, 2.45) is 5.92 Å². The number of rotatable bonds is 4. The molecule has 2 aliphatic heterocycles. The smallest absolute Gasteiger partial charge is 0.309 e. The van der Waals surface area contributed by atoms with E-state index in [-0.39, 0.29) is 36.2 Å². The Kier molecular flexibility index (Phi) is 4.94. The number of ether oxygens (including phenoxy) is 1. The Hall–Kier alpha value is -2.21. The van der Waals surface area contributed by atoms with Crippen LogP contribution in [0.3, 0.4) is 0 Å². The maximum absolute atomic E-state index is 12.7. The van der Waals surface area contributed by atoms with Gasteiger partial charge in [-0.25, -0.2) is 4.90 Å². The van der Waals surface area contributed by atoms with E-state index in [1.54, 1.807) is 19.1 Å². The number of esters is 1. The minimum absolute atomic E-state index is 0.0777. The first-order chi connectivity index (χ1) is 11.6. The summed E-state index contributed by atoms with van der Waals surface area (Å²) in [5.41, 5.74) is 0.635. The maximum Gasteiger partial charge on any atom is 0.309 e. The van der Waals surface area contributed by atoms with Crippen LogP contribution in [0.15, 0.2) is 30.3 Å². The normalized spacial score (nSPS) is 27.4. The lowest BCUT2D eigenvalue weighted by molar-refractivity contribution is -0.920. The molecule has 3 rings (SSSR count). The molecule has 2 fully saturated rings. The summed E-state index contributed by atoms with van der Waals surface area (Å²) in [7, 11) is 0. The van der Waals surface area contributed by atoms with Crippen molar-refractivity contribution in [3.63, 3.8) is 0 Å². The van der Waals surface area contributed by atoms with Crippen molar-refractivity contribution in [3.8, 4) is 0 Å². The number of para-hydroxylation sites is 1. The van der Waals surface area contributed by atoms with E-state index in [9.17, 15) is 14.4 Å². The molecule has 2 saturated heterocycles. The number of nitrogens with one attached hydrogen (secondary N) is 1. The summed E-state index contributed by atoms with van der Waals surface area (Å²) in [5.74, 6) is -0.491. The fourth-order valence-electron chi connectivity index (χ4n) is 3.63. The van der Waals surface area contributed by atoms with Crippen molar-refractivity contribution < 1.29 is 24.0 Å². The van der Waals surface area contributed by atoms with Crippen LogP contribution in [0.4, 0.5) is 5.69 Å². The van der Waals surface area contributed by atoms with Gasteiger partial charge in [0.1, 0.15) is 0 Å². The van der Waals surface area contributed by atoms with Gasteiger partial charge in [-0.05, 0) is 19.1 Å². The van der Waals surface area contributed by atoms with E-state index in [0.717, 1.165) is 18.0 Å². The van der Waals surface area contributed by atoms with Crippen molar-refractivity contribution in [2.45, 2.75) is 32.2 Å². The molecule has 2 amide bonds. The van der Waals surface area contributed by atoms with Gasteiger partial charge in [0.05, 0.1) is 37.7 Å². The zero-order valence-electron chi connectivity index (χ0n) is 13.9. The molecule has 0 spiro atoms.